The Kier molecular flexibility index (Phi) is 32.4. The fourth-order valence-corrected chi connectivity index (χ4v) is 17.1. The van der Waals surface area contributed by atoms with Crippen LogP contribution >= 0.6 is 39.4 Å². The number of benzene rings is 2. The van der Waals surface area contributed by atoms with Crippen LogP contribution in [0.3, 0.4) is 0 Å². The molecule has 3 aliphatic rings. The lowest BCUT2D eigenvalue weighted by atomic mass is 9.97. The van der Waals surface area contributed by atoms with E-state index in [1.165, 1.54) is 41.2 Å². The number of nitro groups is 2. The number of hydrogen-bond donors (Lipinski definition) is 9. The third kappa shape index (κ3) is 25.8. The minimum absolute atomic E-state index is 0.0193. The summed E-state index contributed by atoms with van der Waals surface area (Å²) in [6.45, 7) is 32.4. The van der Waals surface area contributed by atoms with Gasteiger partial charge in [-0.25, -0.2) is 32.9 Å². The Hall–Kier alpha value is -6.33. The molecule has 0 bridgehead atoms. The van der Waals surface area contributed by atoms with E-state index in [-0.39, 0.29) is 86.4 Å². The van der Waals surface area contributed by atoms with Crippen molar-refractivity contribution in [2.45, 2.75) is 237 Å². The van der Waals surface area contributed by atoms with E-state index in [4.69, 9.17) is 47.1 Å². The number of nitro benzene ring substituents is 2. The van der Waals surface area contributed by atoms with Crippen molar-refractivity contribution in [3.05, 3.63) is 178 Å². The zero-order valence-corrected chi connectivity index (χ0v) is 71.7. The SMILES string of the molecule is CC(C)(C)OC(=O)n1c(=O)c(CBr)cn([C@H]2CC(O[Si](C)(C)C(C)(C)C)[C@@H](CO[Si](C)(C)C(C)(C)C)O2)c1=O.CC(C)C(OCc1cn([C@H]2CC(O)[C@@H](CO)O2)c(=O)[nH]c1=O)c1ccccc1[N+](=O)[O-].CC(C)C(OCc1cn([C@H]2CC(O)[C@@H](COP(=O)(O)OP(=O)(O)OP(=O)(O)O)O2)c(=O)[nH]c1=O)c1ccccc1[N+](=O)[O-]. The number of carbonyl (C=O) groups excluding carboxylic acids is 1. The number of hydrogen-bond acceptors (Lipinski definition) is 28. The zero-order valence-electron chi connectivity index (χ0n) is 65.5. The van der Waals surface area contributed by atoms with E-state index in [0.29, 0.717) is 23.2 Å². The van der Waals surface area contributed by atoms with Gasteiger partial charge in [0.2, 0.25) is 0 Å². The van der Waals surface area contributed by atoms with Crippen LogP contribution in [0.15, 0.2) is 95.9 Å². The molecule has 46 heteroatoms. The number of aromatic amines is 2. The van der Waals surface area contributed by atoms with Crippen molar-refractivity contribution >= 4 is 73.5 Å². The van der Waals surface area contributed by atoms with Crippen molar-refractivity contribution in [3.63, 3.8) is 0 Å². The summed E-state index contributed by atoms with van der Waals surface area (Å²) in [6.07, 6.45) is -6.75. The third-order valence-electron chi connectivity index (χ3n) is 19.1. The third-order valence-corrected chi connectivity index (χ3v) is 32.5. The van der Waals surface area contributed by atoms with Crippen molar-refractivity contribution in [1.29, 1.82) is 0 Å². The average molecular weight is 1760 g/mol. The Balaban J connectivity index is 0.000000267. The van der Waals surface area contributed by atoms with E-state index >= 15 is 0 Å². The smallest absolute Gasteiger partial charge is 0.443 e. The number of aliphatic hydroxyl groups excluding tert-OH is 3. The molecular formula is C67H102BrN8O32P3Si2. The van der Waals surface area contributed by atoms with E-state index in [2.05, 4.69) is 107 Å². The molecule has 40 nitrogen and oxygen atoms in total. The molecule has 7 unspecified atom stereocenters. The topological polar surface area (TPSA) is 551 Å². The number of halogens is 1. The molecule has 9 N–H and O–H groups in total. The molecule has 8 rings (SSSR count). The number of carbonyl (C=O) groups is 1. The number of nitrogens with one attached hydrogen (secondary N) is 2. The normalized spacial score (nSPS) is 22.0. The van der Waals surface area contributed by atoms with Gasteiger partial charge in [0.1, 0.15) is 42.6 Å². The van der Waals surface area contributed by atoms with E-state index < -0.39 is 177 Å². The minimum Gasteiger partial charge on any atom is -0.443 e. The summed E-state index contributed by atoms with van der Waals surface area (Å²) in [7, 11) is -21.2. The summed E-state index contributed by atoms with van der Waals surface area (Å²) in [5.41, 5.74) is -4.88. The Labute approximate surface area is 658 Å². The van der Waals surface area contributed by atoms with Crippen LogP contribution in [-0.4, -0.2) is 158 Å². The second-order valence-corrected chi connectivity index (χ2v) is 46.2. The average Bonchev–Trinajstić information content (AvgIpc) is 1.52. The maximum Gasteiger partial charge on any atom is 0.490 e. The van der Waals surface area contributed by atoms with Crippen molar-refractivity contribution in [2.24, 2.45) is 11.8 Å². The van der Waals surface area contributed by atoms with Gasteiger partial charge >= 0.3 is 46.6 Å². The van der Waals surface area contributed by atoms with Crippen molar-refractivity contribution in [2.75, 3.05) is 19.8 Å². The molecular weight excluding hydrogens is 1660 g/mol. The second-order valence-electron chi connectivity index (χ2n) is 31.6. The molecule has 3 aliphatic heterocycles. The Bertz CT molecular complexity index is 4720. The van der Waals surface area contributed by atoms with E-state index in [9.17, 15) is 92.6 Å². The number of para-hydroxylation sites is 2. The van der Waals surface area contributed by atoms with E-state index in [1.807, 2.05) is 13.8 Å². The molecule has 632 valence electrons. The zero-order chi connectivity index (χ0) is 85.4. The molecule has 113 heavy (non-hydrogen) atoms. The predicted molar refractivity (Wildman–Crippen MR) is 413 cm³/mol. The van der Waals surface area contributed by atoms with Crippen molar-refractivity contribution in [3.8, 4) is 0 Å². The van der Waals surface area contributed by atoms with Crippen LogP contribution in [0.5, 0.6) is 0 Å². The van der Waals surface area contributed by atoms with Crippen LogP contribution < -0.4 is 33.7 Å². The Morgan fingerprint density at radius 3 is 1.45 bits per heavy atom. The first-order valence-corrected chi connectivity index (χ1v) is 47.0. The van der Waals surface area contributed by atoms with Crippen LogP contribution in [0.25, 0.3) is 0 Å². The molecule has 3 saturated heterocycles. The summed E-state index contributed by atoms with van der Waals surface area (Å²) < 4.78 is 97.6. The number of phosphoric ester groups is 1. The number of alkyl halides is 1. The van der Waals surface area contributed by atoms with Gasteiger partial charge in [-0.3, -0.25) is 62.8 Å². The van der Waals surface area contributed by atoms with Crippen LogP contribution in [-0.2, 0) is 82.7 Å². The highest BCUT2D eigenvalue weighted by atomic mass is 79.9. The van der Waals surface area contributed by atoms with Gasteiger partial charge in [-0.1, -0.05) is 109 Å². The highest BCUT2D eigenvalue weighted by Gasteiger charge is 2.49. The van der Waals surface area contributed by atoms with E-state index in [1.54, 1.807) is 58.9 Å². The van der Waals surface area contributed by atoms with Gasteiger partial charge in [0.25, 0.3) is 28.1 Å². The van der Waals surface area contributed by atoms with Crippen LogP contribution in [0.1, 0.15) is 168 Å². The molecule has 0 radical (unpaired) electrons. The number of aliphatic hydroxyl groups is 3. The fourth-order valence-electron chi connectivity index (χ4n) is 11.3. The van der Waals surface area contributed by atoms with E-state index in [0.717, 1.165) is 15.3 Å². The largest absolute Gasteiger partial charge is 0.490 e. The molecule has 3 fully saturated rings. The quantitative estimate of drug-likeness (QED) is 0.00710. The van der Waals surface area contributed by atoms with Gasteiger partial charge in [0.05, 0.1) is 95.7 Å². The second kappa shape index (κ2) is 38.4. The van der Waals surface area contributed by atoms with Crippen molar-refractivity contribution in [1.82, 2.24) is 28.2 Å². The maximum absolute atomic E-state index is 13.6. The summed E-state index contributed by atoms with van der Waals surface area (Å²) in [6, 6.07) is 12.2. The molecule has 6 heterocycles. The molecule has 0 aliphatic carbocycles. The standard InChI is InChI=1S/C27H49BrN2O7Si2.C20H28N3O17P3.C20H25N3O8/c1-25(2,3)36-24(33)30-22(31)18(15-28)16-29(23(30)32)21-14-19(37-39(12,13)27(7,8)9)20(35-21)17-34-38(10,11)26(4,5)6;1-11(2)18(13-5-3-4-6-14(13)23(27)28)36-9-12-8-22(20(26)21-19(12)25)17-7-15(24)16(38-17)10-37-42(32,33)40-43(34,35)39-41(29,30)31;1-11(2)18(13-5-3-4-6-14(13)23(28)29)30-10-12-8-22(20(27)21-19(12)26)17-7-15(25)16(9-24)31-17/h16,19-21H,14-15,17H2,1-13H3;3-6,8,11,15-18,24H,7,9-10H2,1-2H3,(H,32,33)(H,34,35)(H,21,25,26)(H2,29,30,31);3-6,8,11,15-18,24-25H,7,9-10H2,1-2H3,(H,21,26,27)/t19?,20-,21-;2*15?,16-,17-,18?/m111/s1. The first kappa shape index (κ1) is 95.5. The Morgan fingerprint density at radius 2 is 1.04 bits per heavy atom. The number of phosphoric acid groups is 3. The molecule has 3 aromatic heterocycles. The highest BCUT2D eigenvalue weighted by molar-refractivity contribution is 9.08. The lowest BCUT2D eigenvalue weighted by molar-refractivity contribution is -0.386. The highest BCUT2D eigenvalue weighted by Crippen LogP contribution is 2.66. The van der Waals surface area contributed by atoms with Gasteiger partial charge < -0.3 is 72.2 Å². The maximum atomic E-state index is 13.6. The van der Waals surface area contributed by atoms with Gasteiger partial charge in [-0.15, -0.1) is 0 Å². The predicted octanol–water partition coefficient (Wildman–Crippen LogP) is 8.74. The Morgan fingerprint density at radius 1 is 0.619 bits per heavy atom. The molecule has 13 atom stereocenters. The number of ether oxygens (including phenoxy) is 6. The first-order chi connectivity index (χ1) is 51.9. The number of aromatic nitrogens is 6. The van der Waals surface area contributed by atoms with Gasteiger partial charge in [0, 0.05) is 60.9 Å². The molecule has 5 aromatic rings. The van der Waals surface area contributed by atoms with Crippen LogP contribution in [0.2, 0.25) is 36.3 Å². The van der Waals surface area contributed by atoms with Gasteiger partial charge in [-0.2, -0.15) is 13.2 Å². The first-order valence-electron chi connectivity index (χ1n) is 35.5. The summed E-state index contributed by atoms with van der Waals surface area (Å²) in [4.78, 5) is 151. The summed E-state index contributed by atoms with van der Waals surface area (Å²) in [5.74, 6) is -0.403. The minimum atomic E-state index is -5.77. The number of nitrogens with zero attached hydrogens (tertiary/aromatic N) is 6. The number of H-pyrrole nitrogens is 2. The summed E-state index contributed by atoms with van der Waals surface area (Å²) >= 11 is 3.31. The fraction of sp³-hybridized carbons (Fsp3) is 0.627. The monoisotopic (exact) mass is 1760 g/mol. The van der Waals surface area contributed by atoms with Crippen LogP contribution in [0.4, 0.5) is 16.2 Å². The van der Waals surface area contributed by atoms with Crippen LogP contribution in [0, 0.1) is 32.1 Å². The molecule has 0 spiro atoms. The van der Waals surface area contributed by atoms with Gasteiger partial charge in [0.15, 0.2) is 16.6 Å². The lowest BCUT2D eigenvalue weighted by Crippen LogP contribution is -2.48. The van der Waals surface area contributed by atoms with Gasteiger partial charge in [-0.05, 0) is 81.0 Å². The summed E-state index contributed by atoms with van der Waals surface area (Å²) in [5, 5.41) is 52.5. The number of rotatable bonds is 29. The molecule has 0 amide bonds. The molecule has 2 aromatic carbocycles. The van der Waals surface area contributed by atoms with Crippen molar-refractivity contribution < 1.29 is 114 Å². The lowest BCUT2D eigenvalue weighted by Gasteiger charge is -2.40. The molecule has 0 saturated carbocycles.